The third kappa shape index (κ3) is 6.34. The van der Waals surface area contributed by atoms with Crippen LogP contribution in [0.2, 0.25) is 5.02 Å². The second-order valence-corrected chi connectivity index (χ2v) is 7.02. The van der Waals surface area contributed by atoms with E-state index in [0.29, 0.717) is 6.07 Å². The van der Waals surface area contributed by atoms with Gasteiger partial charge in [-0.3, -0.25) is 14.9 Å². The molecule has 12 heteroatoms. The Kier molecular flexibility index (Phi) is 7.91. The van der Waals surface area contributed by atoms with Crippen molar-refractivity contribution in [2.24, 2.45) is 0 Å². The molecule has 166 valence electrons. The van der Waals surface area contributed by atoms with Crippen LogP contribution in [0.1, 0.15) is 29.3 Å². The predicted molar refractivity (Wildman–Crippen MR) is 108 cm³/mol. The van der Waals surface area contributed by atoms with Crippen LogP contribution < -0.4 is 4.74 Å². The van der Waals surface area contributed by atoms with E-state index in [0.717, 1.165) is 30.3 Å². The van der Waals surface area contributed by atoms with Gasteiger partial charge in [-0.25, -0.2) is 4.79 Å². The Hall–Kier alpha value is -2.79. The van der Waals surface area contributed by atoms with Gasteiger partial charge in [-0.05, 0) is 36.9 Å². The summed E-state index contributed by atoms with van der Waals surface area (Å²) < 4.78 is 48.6. The molecule has 0 spiro atoms. The molecule has 0 heterocycles. The van der Waals surface area contributed by atoms with Crippen LogP contribution in [-0.2, 0) is 15.7 Å². The highest BCUT2D eigenvalue weighted by atomic mass is 35.5. The molecular weight excluding hydrogens is 463 g/mol. The van der Waals surface area contributed by atoms with E-state index in [1.54, 1.807) is 0 Å². The van der Waals surface area contributed by atoms with Crippen molar-refractivity contribution in [3.05, 3.63) is 62.7 Å². The molecule has 2 aromatic rings. The van der Waals surface area contributed by atoms with E-state index in [4.69, 9.17) is 21.1 Å². The lowest BCUT2D eigenvalue weighted by Gasteiger charge is -2.13. The van der Waals surface area contributed by atoms with Gasteiger partial charge in [-0.2, -0.15) is 25.8 Å². The topological polar surface area (TPSA) is 95.7 Å². The molecule has 0 aliphatic carbocycles. The quantitative estimate of drug-likeness (QED) is 0.234. The van der Waals surface area contributed by atoms with Gasteiger partial charge in [0, 0.05) is 18.6 Å². The summed E-state index contributed by atoms with van der Waals surface area (Å²) in [4.78, 5) is 34.6. The number of ether oxygens (including phenoxy) is 2. The normalized spacial score (nSPS) is 12.2. The van der Waals surface area contributed by atoms with Crippen molar-refractivity contribution >= 4 is 41.7 Å². The maximum absolute atomic E-state index is 12.8. The maximum Gasteiger partial charge on any atom is 0.416 e. The summed E-state index contributed by atoms with van der Waals surface area (Å²) in [6.45, 7) is 1.32. The molecule has 0 amide bonds. The summed E-state index contributed by atoms with van der Waals surface area (Å²) in [5, 5.41) is 10.9. The van der Waals surface area contributed by atoms with Crippen LogP contribution in [0.4, 0.5) is 18.9 Å². The Morgan fingerprint density at radius 2 is 1.90 bits per heavy atom. The van der Waals surface area contributed by atoms with E-state index < -0.39 is 45.8 Å². The number of ketones is 1. The molecule has 7 nitrogen and oxygen atoms in total. The molecule has 0 bridgehead atoms. The van der Waals surface area contributed by atoms with E-state index >= 15 is 0 Å². The number of esters is 1. The van der Waals surface area contributed by atoms with Gasteiger partial charge < -0.3 is 9.47 Å². The van der Waals surface area contributed by atoms with Crippen molar-refractivity contribution in [1.82, 2.24) is 0 Å². The Bertz CT molecular complexity index is 1010. The van der Waals surface area contributed by atoms with E-state index in [1.807, 2.05) is 0 Å². The number of carbonyl (C=O) groups is 2. The van der Waals surface area contributed by atoms with Crippen LogP contribution in [0.25, 0.3) is 0 Å². The van der Waals surface area contributed by atoms with E-state index in [1.165, 1.54) is 6.92 Å². The fourth-order valence-electron chi connectivity index (χ4n) is 2.39. The minimum Gasteiger partial charge on any atom is -0.456 e. The van der Waals surface area contributed by atoms with E-state index in [-0.39, 0.29) is 28.7 Å². The third-order valence-corrected chi connectivity index (χ3v) is 4.49. The number of thiol groups is 1. The fourth-order valence-corrected chi connectivity index (χ4v) is 2.83. The number of nitro groups is 1. The first-order chi connectivity index (χ1) is 14.4. The number of rotatable bonds is 8. The Morgan fingerprint density at radius 1 is 1.23 bits per heavy atom. The molecule has 0 saturated carbocycles. The molecular formula is C19H15ClF3NO6S. The zero-order valence-corrected chi connectivity index (χ0v) is 17.5. The first-order valence-electron chi connectivity index (χ1n) is 8.61. The summed E-state index contributed by atoms with van der Waals surface area (Å²) in [5.74, 6) is -1.61. The molecule has 31 heavy (non-hydrogen) atoms. The van der Waals surface area contributed by atoms with Crippen LogP contribution in [0.5, 0.6) is 11.5 Å². The van der Waals surface area contributed by atoms with Crippen molar-refractivity contribution in [3.8, 4) is 11.5 Å². The monoisotopic (exact) mass is 477 g/mol. The number of nitrogens with zero attached hydrogens (tertiary/aromatic N) is 1. The van der Waals surface area contributed by atoms with Crippen molar-refractivity contribution < 1.29 is 37.2 Å². The molecule has 0 fully saturated rings. The standard InChI is InChI=1S/C19H15ClF3NO6S/c1-10(16(25)6-7-31)29-18(26)13-9-12(3-4-15(13)24(27)28)30-17-5-2-11(8-14(17)20)19(21,22)23/h2-5,8-10,31H,6-7H2,1H3. The highest BCUT2D eigenvalue weighted by Crippen LogP contribution is 2.37. The molecule has 0 N–H and O–H groups in total. The summed E-state index contributed by atoms with van der Waals surface area (Å²) in [6, 6.07) is 5.46. The van der Waals surface area contributed by atoms with Gasteiger partial charge in [0.2, 0.25) is 0 Å². The average molecular weight is 478 g/mol. The van der Waals surface area contributed by atoms with Gasteiger partial charge in [-0.15, -0.1) is 0 Å². The number of carbonyl (C=O) groups excluding carboxylic acids is 2. The number of hydrogen-bond donors (Lipinski definition) is 1. The van der Waals surface area contributed by atoms with Crippen molar-refractivity contribution in [2.75, 3.05) is 5.75 Å². The second-order valence-electron chi connectivity index (χ2n) is 6.17. The van der Waals surface area contributed by atoms with Crippen LogP contribution in [0.3, 0.4) is 0 Å². The predicted octanol–water partition coefficient (Wildman–Crippen LogP) is 5.49. The van der Waals surface area contributed by atoms with Crippen LogP contribution in [0, 0.1) is 10.1 Å². The number of nitro benzene ring substituents is 1. The molecule has 0 aliphatic heterocycles. The number of Topliss-reactive ketones (excluding diaryl/α,β-unsaturated/α-hetero) is 1. The minimum atomic E-state index is -4.60. The molecule has 0 aliphatic rings. The first-order valence-corrected chi connectivity index (χ1v) is 9.62. The number of hydrogen-bond acceptors (Lipinski definition) is 7. The first kappa shape index (κ1) is 24.5. The zero-order valence-electron chi connectivity index (χ0n) is 15.8. The number of alkyl halides is 3. The SMILES string of the molecule is CC(OC(=O)c1cc(Oc2ccc(C(F)(F)F)cc2Cl)ccc1[N+](=O)[O-])C(=O)CCS. The molecule has 1 unspecified atom stereocenters. The number of halogens is 4. The zero-order chi connectivity index (χ0) is 23.3. The highest BCUT2D eigenvalue weighted by molar-refractivity contribution is 7.80. The Morgan fingerprint density at radius 3 is 2.45 bits per heavy atom. The maximum atomic E-state index is 12.8. The smallest absolute Gasteiger partial charge is 0.416 e. The van der Waals surface area contributed by atoms with Crippen molar-refractivity contribution in [1.29, 1.82) is 0 Å². The summed E-state index contributed by atoms with van der Waals surface area (Å²) in [5.41, 5.74) is -2.10. The lowest BCUT2D eigenvalue weighted by molar-refractivity contribution is -0.385. The van der Waals surface area contributed by atoms with Gasteiger partial charge >= 0.3 is 12.1 Å². The fraction of sp³-hybridized carbons (Fsp3) is 0.263. The third-order valence-electron chi connectivity index (χ3n) is 3.97. The van der Waals surface area contributed by atoms with Gasteiger partial charge in [0.15, 0.2) is 11.9 Å². The van der Waals surface area contributed by atoms with Crippen molar-refractivity contribution in [3.63, 3.8) is 0 Å². The summed E-state index contributed by atoms with van der Waals surface area (Å²) >= 11 is 9.74. The van der Waals surface area contributed by atoms with Crippen LogP contribution in [-0.4, -0.2) is 28.5 Å². The highest BCUT2D eigenvalue weighted by Gasteiger charge is 2.31. The number of benzene rings is 2. The second kappa shape index (κ2) is 10.0. The van der Waals surface area contributed by atoms with E-state index in [2.05, 4.69) is 12.6 Å². The summed E-state index contributed by atoms with van der Waals surface area (Å²) in [7, 11) is 0. The summed E-state index contributed by atoms with van der Waals surface area (Å²) in [6.07, 6.45) is -5.73. The largest absolute Gasteiger partial charge is 0.456 e. The van der Waals surface area contributed by atoms with Gasteiger partial charge in [-0.1, -0.05) is 11.6 Å². The molecule has 2 aromatic carbocycles. The van der Waals surface area contributed by atoms with Crippen LogP contribution in [0.15, 0.2) is 36.4 Å². The van der Waals surface area contributed by atoms with Crippen LogP contribution >= 0.6 is 24.2 Å². The Balaban J connectivity index is 2.32. The van der Waals surface area contributed by atoms with Gasteiger partial charge in [0.05, 0.1) is 15.5 Å². The minimum absolute atomic E-state index is 0.0369. The van der Waals surface area contributed by atoms with Gasteiger partial charge in [0.25, 0.3) is 5.69 Å². The van der Waals surface area contributed by atoms with E-state index in [9.17, 15) is 32.9 Å². The van der Waals surface area contributed by atoms with Crippen molar-refractivity contribution in [2.45, 2.75) is 25.6 Å². The lowest BCUT2D eigenvalue weighted by atomic mass is 10.1. The molecule has 0 aromatic heterocycles. The van der Waals surface area contributed by atoms with Gasteiger partial charge in [0.1, 0.15) is 17.1 Å². The lowest BCUT2D eigenvalue weighted by Crippen LogP contribution is -2.25. The molecule has 2 rings (SSSR count). The Labute approximate surface area is 184 Å². The molecule has 0 radical (unpaired) electrons. The average Bonchev–Trinajstić information content (AvgIpc) is 2.68. The molecule has 1 atom stereocenters. The molecule has 0 saturated heterocycles.